The van der Waals surface area contributed by atoms with Crippen molar-refractivity contribution < 1.29 is 13.2 Å². The molecule has 0 aromatic carbocycles. The summed E-state index contributed by atoms with van der Waals surface area (Å²) in [5, 5.41) is 3.13. The molecule has 0 aromatic rings. The van der Waals surface area contributed by atoms with Crippen LogP contribution in [0.1, 0.15) is 26.7 Å². The number of sulfonamides is 1. The fourth-order valence-electron chi connectivity index (χ4n) is 1.46. The summed E-state index contributed by atoms with van der Waals surface area (Å²) in [7, 11) is -3.48. The lowest BCUT2D eigenvalue weighted by Gasteiger charge is -2.21. The van der Waals surface area contributed by atoms with Crippen LogP contribution < -0.4 is 10.0 Å². The Bertz CT molecular complexity index is 349. The number of rotatable bonds is 5. The first-order chi connectivity index (χ1) is 7.92. The molecule has 0 radical (unpaired) electrons. The van der Waals surface area contributed by atoms with Crippen molar-refractivity contribution in [3.05, 3.63) is 0 Å². The number of nitrogens with one attached hydrogen (secondary N) is 2. The molecule has 0 aromatic heterocycles. The van der Waals surface area contributed by atoms with E-state index < -0.39 is 21.2 Å². The first-order valence-electron chi connectivity index (χ1n) is 5.78. The van der Waals surface area contributed by atoms with Crippen molar-refractivity contribution >= 4 is 27.7 Å². The van der Waals surface area contributed by atoms with Crippen molar-refractivity contribution in [1.82, 2.24) is 10.0 Å². The molecule has 0 bridgehead atoms. The number of carbonyl (C=O) groups is 1. The van der Waals surface area contributed by atoms with Crippen LogP contribution in [0.4, 0.5) is 0 Å². The lowest BCUT2D eigenvalue weighted by molar-refractivity contribution is -0.116. The maximum Gasteiger partial charge on any atom is 0.243 e. The van der Waals surface area contributed by atoms with E-state index >= 15 is 0 Å². The second-order valence-corrected chi connectivity index (χ2v) is 7.90. The van der Waals surface area contributed by atoms with E-state index in [1.165, 1.54) is 0 Å². The molecule has 7 heteroatoms. The van der Waals surface area contributed by atoms with Crippen LogP contribution >= 0.6 is 11.8 Å². The van der Waals surface area contributed by atoms with Gasteiger partial charge in [-0.2, -0.15) is 0 Å². The van der Waals surface area contributed by atoms with Gasteiger partial charge in [0, 0.05) is 5.25 Å². The third-order valence-electron chi connectivity index (χ3n) is 2.61. The molecule has 0 unspecified atom stereocenters. The number of hydrogen-bond donors (Lipinski definition) is 2. The van der Waals surface area contributed by atoms with Crippen LogP contribution in [0.25, 0.3) is 0 Å². The Morgan fingerprint density at radius 3 is 2.53 bits per heavy atom. The van der Waals surface area contributed by atoms with Gasteiger partial charge in [-0.05, 0) is 39.8 Å². The molecule has 0 saturated carbocycles. The first kappa shape index (κ1) is 14.8. The molecule has 17 heavy (non-hydrogen) atoms. The summed E-state index contributed by atoms with van der Waals surface area (Å²) in [6, 6.07) is 0. The van der Waals surface area contributed by atoms with Gasteiger partial charge in [-0.25, -0.2) is 8.42 Å². The summed E-state index contributed by atoms with van der Waals surface area (Å²) in [6.45, 7) is 5.05. The van der Waals surface area contributed by atoms with Gasteiger partial charge in [0.05, 0.1) is 11.0 Å². The molecule has 1 heterocycles. The molecule has 1 aliphatic heterocycles. The van der Waals surface area contributed by atoms with Crippen LogP contribution in [0.15, 0.2) is 0 Å². The van der Waals surface area contributed by atoms with E-state index in [1.807, 2.05) is 0 Å². The Labute approximate surface area is 107 Å². The average molecular weight is 280 g/mol. The van der Waals surface area contributed by atoms with Gasteiger partial charge in [-0.15, -0.1) is 11.8 Å². The quantitative estimate of drug-likeness (QED) is 0.759. The Kier molecular flexibility index (Phi) is 5.75. The molecule has 1 saturated heterocycles. The van der Waals surface area contributed by atoms with Gasteiger partial charge in [-0.1, -0.05) is 0 Å². The number of thioether (sulfide) groups is 1. The van der Waals surface area contributed by atoms with Crippen LogP contribution in [-0.2, 0) is 14.8 Å². The monoisotopic (exact) mass is 280 g/mol. The van der Waals surface area contributed by atoms with Crippen LogP contribution in [0.2, 0.25) is 0 Å². The zero-order valence-corrected chi connectivity index (χ0v) is 11.9. The normalized spacial score (nSPS) is 18.3. The van der Waals surface area contributed by atoms with Crippen molar-refractivity contribution in [2.45, 2.75) is 37.2 Å². The highest BCUT2D eigenvalue weighted by Crippen LogP contribution is 2.19. The van der Waals surface area contributed by atoms with Gasteiger partial charge >= 0.3 is 0 Å². The maximum atomic E-state index is 11.5. The second kappa shape index (κ2) is 6.61. The predicted octanol–water partition coefficient (Wildman–Crippen LogP) is 0.326. The summed E-state index contributed by atoms with van der Waals surface area (Å²) in [5.41, 5.74) is 0. The maximum absolute atomic E-state index is 11.5. The minimum Gasteiger partial charge on any atom is -0.317 e. The van der Waals surface area contributed by atoms with E-state index in [0.29, 0.717) is 5.25 Å². The Hall–Kier alpha value is -0.270. The lowest BCUT2D eigenvalue weighted by Crippen LogP contribution is -2.37. The molecule has 2 N–H and O–H groups in total. The number of carbonyl (C=O) groups excluding carboxylic acids is 1. The van der Waals surface area contributed by atoms with E-state index in [4.69, 9.17) is 0 Å². The molecule has 1 rings (SSSR count). The van der Waals surface area contributed by atoms with Gasteiger partial charge in [0.1, 0.15) is 0 Å². The molecule has 100 valence electrons. The minimum absolute atomic E-state index is 0.219. The largest absolute Gasteiger partial charge is 0.317 e. The van der Waals surface area contributed by atoms with Gasteiger partial charge < -0.3 is 5.32 Å². The van der Waals surface area contributed by atoms with Crippen LogP contribution in [-0.4, -0.2) is 43.7 Å². The third kappa shape index (κ3) is 5.27. The Balaban J connectivity index is 2.30. The lowest BCUT2D eigenvalue weighted by atomic mass is 10.2. The first-order valence-corrected chi connectivity index (χ1v) is 8.38. The van der Waals surface area contributed by atoms with E-state index in [9.17, 15) is 13.2 Å². The number of piperidine rings is 1. The summed E-state index contributed by atoms with van der Waals surface area (Å²) in [4.78, 5) is 11.5. The number of hydrogen-bond acceptors (Lipinski definition) is 5. The van der Waals surface area contributed by atoms with Gasteiger partial charge in [0.15, 0.2) is 0 Å². The van der Waals surface area contributed by atoms with Crippen LogP contribution in [0, 0.1) is 0 Å². The van der Waals surface area contributed by atoms with Crippen LogP contribution in [0.5, 0.6) is 0 Å². The number of amides is 1. The Morgan fingerprint density at radius 1 is 1.41 bits per heavy atom. The molecular weight excluding hydrogens is 260 g/mol. The molecule has 0 atom stereocenters. The highest BCUT2D eigenvalue weighted by Gasteiger charge is 2.20. The van der Waals surface area contributed by atoms with Crippen molar-refractivity contribution in [2.24, 2.45) is 0 Å². The zero-order chi connectivity index (χ0) is 12.9. The van der Waals surface area contributed by atoms with Gasteiger partial charge in [-0.3, -0.25) is 9.52 Å². The summed E-state index contributed by atoms with van der Waals surface area (Å²) in [5.74, 6) is -0.196. The van der Waals surface area contributed by atoms with E-state index in [1.54, 1.807) is 25.6 Å². The molecule has 0 spiro atoms. The molecule has 1 amide bonds. The minimum atomic E-state index is -3.48. The van der Waals surface area contributed by atoms with Crippen molar-refractivity contribution in [1.29, 1.82) is 0 Å². The second-order valence-electron chi connectivity index (χ2n) is 4.38. The van der Waals surface area contributed by atoms with E-state index in [2.05, 4.69) is 10.0 Å². The molecule has 0 aliphatic carbocycles. The van der Waals surface area contributed by atoms with Crippen molar-refractivity contribution in [3.63, 3.8) is 0 Å². The zero-order valence-electron chi connectivity index (χ0n) is 10.2. The molecule has 5 nitrogen and oxygen atoms in total. The SMILES string of the molecule is CC(C)S(=O)(=O)NC(=O)CSC1CCNCC1. The summed E-state index contributed by atoms with van der Waals surface area (Å²) < 4.78 is 25.0. The molecule has 1 aliphatic rings. The third-order valence-corrected chi connectivity index (χ3v) is 5.74. The van der Waals surface area contributed by atoms with Crippen LogP contribution in [0.3, 0.4) is 0 Å². The predicted molar refractivity (Wildman–Crippen MR) is 70.5 cm³/mol. The summed E-state index contributed by atoms with van der Waals surface area (Å²) in [6.07, 6.45) is 2.07. The Morgan fingerprint density at radius 2 is 2.00 bits per heavy atom. The molecule has 1 fully saturated rings. The highest BCUT2D eigenvalue weighted by molar-refractivity contribution is 8.00. The van der Waals surface area contributed by atoms with E-state index in [0.717, 1.165) is 25.9 Å². The van der Waals surface area contributed by atoms with Crippen molar-refractivity contribution in [3.8, 4) is 0 Å². The highest BCUT2D eigenvalue weighted by atomic mass is 32.2. The molecular formula is C10H20N2O3S2. The van der Waals surface area contributed by atoms with Gasteiger partial charge in [0.2, 0.25) is 15.9 Å². The topological polar surface area (TPSA) is 75.3 Å². The van der Waals surface area contributed by atoms with E-state index in [-0.39, 0.29) is 5.75 Å². The standard InChI is InChI=1S/C10H20N2O3S2/c1-8(2)17(14,15)12-10(13)7-16-9-3-5-11-6-4-9/h8-9,11H,3-7H2,1-2H3,(H,12,13). The average Bonchev–Trinajstić information content (AvgIpc) is 2.27. The fraction of sp³-hybridized carbons (Fsp3) is 0.900. The van der Waals surface area contributed by atoms with Crippen molar-refractivity contribution in [2.75, 3.05) is 18.8 Å². The smallest absolute Gasteiger partial charge is 0.243 e. The van der Waals surface area contributed by atoms with Gasteiger partial charge in [0.25, 0.3) is 0 Å². The summed E-state index contributed by atoms with van der Waals surface area (Å²) >= 11 is 1.54. The fourth-order valence-corrected chi connectivity index (χ4v) is 3.21.